The van der Waals surface area contributed by atoms with Crippen molar-refractivity contribution < 1.29 is 14.0 Å². The second-order valence-corrected chi connectivity index (χ2v) is 4.39. The highest BCUT2D eigenvalue weighted by Crippen LogP contribution is 2.35. The number of fused-ring (bicyclic) bond motifs is 1. The van der Waals surface area contributed by atoms with E-state index in [2.05, 4.69) is 17.4 Å². The van der Waals surface area contributed by atoms with Crippen LogP contribution in [0.4, 0.5) is 0 Å². The van der Waals surface area contributed by atoms with Crippen molar-refractivity contribution in [3.63, 3.8) is 0 Å². The molecular formula is C14H16N2O3. The Morgan fingerprint density at radius 2 is 2.37 bits per heavy atom. The number of likely N-dealkylation sites (N-methyl/N-ethyl adjacent to an activating group) is 1. The van der Waals surface area contributed by atoms with Crippen molar-refractivity contribution >= 4 is 0 Å². The Kier molecular flexibility index (Phi) is 3.37. The molecule has 100 valence electrons. The normalized spacial score (nSPS) is 17.0. The molecule has 5 heteroatoms. The summed E-state index contributed by atoms with van der Waals surface area (Å²) in [6, 6.07) is 7.98. The maximum atomic E-state index is 5.66. The zero-order valence-corrected chi connectivity index (χ0v) is 10.8. The molecule has 0 radical (unpaired) electrons. The molecule has 3 rings (SSSR count). The van der Waals surface area contributed by atoms with Crippen molar-refractivity contribution in [3.8, 4) is 11.5 Å². The summed E-state index contributed by atoms with van der Waals surface area (Å²) < 4.78 is 16.3. The number of benzene rings is 1. The van der Waals surface area contributed by atoms with Crippen LogP contribution in [0.25, 0.3) is 0 Å². The van der Waals surface area contributed by atoms with Gasteiger partial charge in [0.05, 0.1) is 12.2 Å². The maximum absolute atomic E-state index is 5.66. The Balaban J connectivity index is 1.68. The highest BCUT2D eigenvalue weighted by Gasteiger charge is 2.23. The largest absolute Gasteiger partial charge is 0.491 e. The van der Waals surface area contributed by atoms with Crippen molar-refractivity contribution in [1.82, 2.24) is 10.5 Å². The molecule has 1 aromatic heterocycles. The minimum absolute atomic E-state index is 0.281. The van der Waals surface area contributed by atoms with Crippen LogP contribution >= 0.6 is 0 Å². The molecule has 1 unspecified atom stereocenters. The molecule has 0 amide bonds. The summed E-state index contributed by atoms with van der Waals surface area (Å²) in [5.74, 6) is 2.36. The monoisotopic (exact) mass is 260 g/mol. The molecule has 0 saturated heterocycles. The molecule has 2 heterocycles. The molecule has 1 N–H and O–H groups in total. The highest BCUT2D eigenvalue weighted by atomic mass is 16.5. The molecule has 1 aromatic carbocycles. The number of nitrogens with one attached hydrogen (secondary N) is 1. The van der Waals surface area contributed by atoms with Crippen LogP contribution in [-0.4, -0.2) is 18.3 Å². The third kappa shape index (κ3) is 2.56. The van der Waals surface area contributed by atoms with Gasteiger partial charge in [0.25, 0.3) is 0 Å². The number of hydrogen-bond donors (Lipinski definition) is 1. The Bertz CT molecular complexity index is 540. The van der Waals surface area contributed by atoms with Crippen molar-refractivity contribution in [2.75, 3.05) is 13.2 Å². The summed E-state index contributed by atoms with van der Waals surface area (Å²) in [6.07, 6.45) is 1.60. The van der Waals surface area contributed by atoms with Crippen LogP contribution in [0, 0.1) is 0 Å². The van der Waals surface area contributed by atoms with Gasteiger partial charge in [0.2, 0.25) is 0 Å². The van der Waals surface area contributed by atoms with Gasteiger partial charge in [0, 0.05) is 17.7 Å². The molecule has 5 nitrogen and oxygen atoms in total. The summed E-state index contributed by atoms with van der Waals surface area (Å²) in [6.45, 7) is 4.06. The fourth-order valence-electron chi connectivity index (χ4n) is 2.17. The lowest BCUT2D eigenvalue weighted by Crippen LogP contribution is -2.21. The van der Waals surface area contributed by atoms with Crippen LogP contribution in [0.1, 0.15) is 24.3 Å². The molecule has 1 aliphatic rings. The number of nitrogens with zero attached hydrogens (tertiary/aromatic N) is 1. The van der Waals surface area contributed by atoms with Gasteiger partial charge in [-0.15, -0.1) is 0 Å². The first-order chi connectivity index (χ1) is 9.36. The summed E-state index contributed by atoms with van der Waals surface area (Å²) >= 11 is 0. The molecule has 2 aromatic rings. The van der Waals surface area contributed by atoms with E-state index in [9.17, 15) is 0 Å². The molecule has 19 heavy (non-hydrogen) atoms. The fourth-order valence-corrected chi connectivity index (χ4v) is 2.17. The van der Waals surface area contributed by atoms with Crippen molar-refractivity contribution in [3.05, 3.63) is 41.8 Å². The quantitative estimate of drug-likeness (QED) is 0.894. The van der Waals surface area contributed by atoms with Gasteiger partial charge in [-0.3, -0.25) is 0 Å². The first-order valence-corrected chi connectivity index (χ1v) is 6.39. The van der Waals surface area contributed by atoms with Gasteiger partial charge in [-0.1, -0.05) is 12.1 Å². The predicted octanol–water partition coefficient (Wildman–Crippen LogP) is 2.30. The van der Waals surface area contributed by atoms with Gasteiger partial charge < -0.3 is 19.3 Å². The second kappa shape index (κ2) is 5.32. The van der Waals surface area contributed by atoms with Crippen molar-refractivity contribution in [1.29, 1.82) is 0 Å². The van der Waals surface area contributed by atoms with Gasteiger partial charge in [-0.2, -0.15) is 0 Å². The van der Waals surface area contributed by atoms with Crippen LogP contribution in [0.3, 0.4) is 0 Å². The Morgan fingerprint density at radius 3 is 3.16 bits per heavy atom. The average Bonchev–Trinajstić information content (AvgIpc) is 3.06. The number of rotatable bonds is 5. The van der Waals surface area contributed by atoms with Gasteiger partial charge >= 0.3 is 0 Å². The van der Waals surface area contributed by atoms with Crippen LogP contribution in [0.2, 0.25) is 0 Å². The Hall–Kier alpha value is -2.01. The summed E-state index contributed by atoms with van der Waals surface area (Å²) in [7, 11) is 0. The zero-order valence-electron chi connectivity index (χ0n) is 10.8. The lowest BCUT2D eigenvalue weighted by molar-refractivity contribution is 0.248. The molecular weight excluding hydrogens is 244 g/mol. The van der Waals surface area contributed by atoms with E-state index in [1.165, 1.54) is 5.56 Å². The Morgan fingerprint density at radius 1 is 1.42 bits per heavy atom. The standard InChI is InChI=1S/C14H16N2O3/c1-2-15-13-9-18-14-7-10(3-4-12(13)14)17-8-11-5-6-16-19-11/h3-7,13,15H,2,8-9H2,1H3. The summed E-state index contributed by atoms with van der Waals surface area (Å²) in [5.41, 5.74) is 1.19. The van der Waals surface area contributed by atoms with Crippen LogP contribution in [0.5, 0.6) is 11.5 Å². The van der Waals surface area contributed by atoms with Crippen molar-refractivity contribution in [2.24, 2.45) is 0 Å². The van der Waals surface area contributed by atoms with E-state index in [1.54, 1.807) is 12.3 Å². The zero-order chi connectivity index (χ0) is 13.1. The lowest BCUT2D eigenvalue weighted by atomic mass is 10.1. The van der Waals surface area contributed by atoms with E-state index in [0.29, 0.717) is 19.0 Å². The van der Waals surface area contributed by atoms with E-state index < -0.39 is 0 Å². The van der Waals surface area contributed by atoms with Gasteiger partial charge in [0.1, 0.15) is 24.7 Å². The highest BCUT2D eigenvalue weighted by molar-refractivity contribution is 5.45. The number of aromatic nitrogens is 1. The van der Waals surface area contributed by atoms with Gasteiger partial charge in [-0.05, 0) is 18.7 Å². The lowest BCUT2D eigenvalue weighted by Gasteiger charge is -2.09. The number of ether oxygens (including phenoxy) is 2. The molecule has 1 aliphatic heterocycles. The average molecular weight is 260 g/mol. The molecule has 0 spiro atoms. The first-order valence-electron chi connectivity index (χ1n) is 6.39. The minimum atomic E-state index is 0.281. The third-order valence-corrected chi connectivity index (χ3v) is 3.09. The van der Waals surface area contributed by atoms with E-state index >= 15 is 0 Å². The van der Waals surface area contributed by atoms with Crippen LogP contribution < -0.4 is 14.8 Å². The van der Waals surface area contributed by atoms with E-state index in [-0.39, 0.29) is 6.04 Å². The number of hydrogen-bond acceptors (Lipinski definition) is 5. The topological polar surface area (TPSA) is 56.5 Å². The summed E-state index contributed by atoms with van der Waals surface area (Å²) in [5, 5.41) is 7.02. The molecule has 0 bridgehead atoms. The molecule has 1 atom stereocenters. The van der Waals surface area contributed by atoms with Crippen LogP contribution in [0.15, 0.2) is 35.0 Å². The van der Waals surface area contributed by atoms with Gasteiger partial charge in [0.15, 0.2) is 5.76 Å². The molecule has 0 aliphatic carbocycles. The van der Waals surface area contributed by atoms with Gasteiger partial charge in [-0.25, -0.2) is 0 Å². The Labute approximate surface area is 111 Å². The summed E-state index contributed by atoms with van der Waals surface area (Å²) in [4.78, 5) is 0. The fraction of sp³-hybridized carbons (Fsp3) is 0.357. The van der Waals surface area contributed by atoms with Crippen molar-refractivity contribution in [2.45, 2.75) is 19.6 Å². The van der Waals surface area contributed by atoms with E-state index in [4.69, 9.17) is 14.0 Å². The smallest absolute Gasteiger partial charge is 0.174 e. The maximum Gasteiger partial charge on any atom is 0.174 e. The third-order valence-electron chi connectivity index (χ3n) is 3.09. The van der Waals surface area contributed by atoms with E-state index in [0.717, 1.165) is 18.0 Å². The SMILES string of the molecule is CCNC1COc2cc(OCc3ccno3)ccc21. The minimum Gasteiger partial charge on any atom is -0.491 e. The predicted molar refractivity (Wildman–Crippen MR) is 69.2 cm³/mol. The molecule has 0 saturated carbocycles. The first kappa shape index (κ1) is 12.0. The second-order valence-electron chi connectivity index (χ2n) is 4.39. The van der Waals surface area contributed by atoms with Crippen LogP contribution in [-0.2, 0) is 6.61 Å². The molecule has 0 fully saturated rings. The van der Waals surface area contributed by atoms with E-state index in [1.807, 2.05) is 18.2 Å².